The minimum atomic E-state index is 0.391. The first-order chi connectivity index (χ1) is 5.38. The number of likely N-dealkylation sites (N-methyl/N-ethyl adjacent to an activating group) is 1. The molecule has 1 aliphatic heterocycles. The van der Waals surface area contributed by atoms with E-state index in [0.29, 0.717) is 18.5 Å². The third-order valence-corrected chi connectivity index (χ3v) is 2.41. The van der Waals surface area contributed by atoms with Crippen LogP contribution in [0.2, 0.25) is 0 Å². The van der Waals surface area contributed by atoms with Crippen molar-refractivity contribution in [3.8, 4) is 6.07 Å². The molecule has 0 spiro atoms. The molecule has 0 bridgehead atoms. The molecule has 1 fully saturated rings. The molecule has 0 aliphatic carbocycles. The van der Waals surface area contributed by atoms with Gasteiger partial charge in [0.05, 0.1) is 25.1 Å². The summed E-state index contributed by atoms with van der Waals surface area (Å²) in [5.74, 6) is 0. The van der Waals surface area contributed by atoms with Crippen molar-refractivity contribution in [3.63, 3.8) is 0 Å². The Labute approximate surface area is 67.8 Å². The minimum absolute atomic E-state index is 0.391. The maximum absolute atomic E-state index is 8.52. The molecule has 0 aromatic carbocycles. The van der Waals surface area contributed by atoms with Crippen LogP contribution in [0.15, 0.2) is 0 Å². The second-order valence-corrected chi connectivity index (χ2v) is 3.09. The molecule has 0 aromatic rings. The van der Waals surface area contributed by atoms with E-state index in [9.17, 15) is 0 Å². The van der Waals surface area contributed by atoms with Crippen LogP contribution in [0, 0.1) is 11.3 Å². The Morgan fingerprint density at radius 2 is 2.64 bits per heavy atom. The summed E-state index contributed by atoms with van der Waals surface area (Å²) in [5, 5.41) is 14.1. The van der Waals surface area contributed by atoms with E-state index < -0.39 is 0 Å². The number of nitrogens with zero attached hydrogens (tertiary/aromatic N) is 1. The van der Waals surface area contributed by atoms with Crippen LogP contribution >= 0.6 is 0 Å². The van der Waals surface area contributed by atoms with E-state index in [1.807, 2.05) is 7.05 Å². The molecule has 1 aliphatic rings. The lowest BCUT2D eigenvalue weighted by Crippen LogP contribution is -2.89. The highest BCUT2D eigenvalue weighted by atomic mass is 15.0. The van der Waals surface area contributed by atoms with Crippen LogP contribution in [0.1, 0.15) is 19.3 Å². The standard InChI is InChI=1S/C8H15N3/c1-10-7(4-5-9)8-3-2-6-11-8/h7-8,10-11H,2-4,6H2,1H3/p+1. The summed E-state index contributed by atoms with van der Waals surface area (Å²) in [6.07, 6.45) is 3.19. The van der Waals surface area contributed by atoms with Gasteiger partial charge in [0.1, 0.15) is 6.04 Å². The van der Waals surface area contributed by atoms with E-state index in [1.165, 1.54) is 19.4 Å². The van der Waals surface area contributed by atoms with Gasteiger partial charge in [0, 0.05) is 12.8 Å². The molecule has 1 heterocycles. The van der Waals surface area contributed by atoms with Crippen LogP contribution in [-0.4, -0.2) is 25.7 Å². The molecule has 2 atom stereocenters. The molecular formula is C8H16N3+. The van der Waals surface area contributed by atoms with Crippen LogP contribution in [0.5, 0.6) is 0 Å². The van der Waals surface area contributed by atoms with Gasteiger partial charge < -0.3 is 10.6 Å². The summed E-state index contributed by atoms with van der Waals surface area (Å²) in [6, 6.07) is 3.24. The molecular weight excluding hydrogens is 138 g/mol. The number of nitrogens with two attached hydrogens (primary N) is 1. The molecule has 0 radical (unpaired) electrons. The van der Waals surface area contributed by atoms with Crippen molar-refractivity contribution in [1.29, 1.82) is 5.26 Å². The summed E-state index contributed by atoms with van der Waals surface area (Å²) >= 11 is 0. The van der Waals surface area contributed by atoms with E-state index >= 15 is 0 Å². The number of rotatable bonds is 3. The summed E-state index contributed by atoms with van der Waals surface area (Å²) in [7, 11) is 1.94. The highest BCUT2D eigenvalue weighted by Crippen LogP contribution is 2.04. The topological polar surface area (TPSA) is 52.4 Å². The molecule has 3 heteroatoms. The van der Waals surface area contributed by atoms with Crippen molar-refractivity contribution in [3.05, 3.63) is 0 Å². The van der Waals surface area contributed by atoms with E-state index in [1.54, 1.807) is 0 Å². The van der Waals surface area contributed by atoms with Gasteiger partial charge in [-0.1, -0.05) is 0 Å². The molecule has 1 rings (SSSR count). The second kappa shape index (κ2) is 4.32. The Morgan fingerprint density at radius 3 is 3.09 bits per heavy atom. The van der Waals surface area contributed by atoms with Gasteiger partial charge >= 0.3 is 0 Å². The Balaban J connectivity index is 2.34. The number of nitrogens with one attached hydrogen (secondary N) is 1. The van der Waals surface area contributed by atoms with E-state index in [2.05, 4.69) is 16.7 Å². The summed E-state index contributed by atoms with van der Waals surface area (Å²) in [4.78, 5) is 0. The number of quaternary nitrogens is 1. The van der Waals surface area contributed by atoms with Gasteiger partial charge in [0.2, 0.25) is 0 Å². The molecule has 2 unspecified atom stereocenters. The normalized spacial score (nSPS) is 26.4. The van der Waals surface area contributed by atoms with Gasteiger partial charge in [-0.2, -0.15) is 5.26 Å². The van der Waals surface area contributed by atoms with E-state index in [-0.39, 0.29) is 0 Å². The van der Waals surface area contributed by atoms with Gasteiger partial charge in [0.15, 0.2) is 0 Å². The Morgan fingerprint density at radius 1 is 1.82 bits per heavy atom. The average Bonchev–Trinajstić information content (AvgIpc) is 2.52. The van der Waals surface area contributed by atoms with Gasteiger partial charge in [-0.3, -0.25) is 0 Å². The van der Waals surface area contributed by atoms with E-state index in [4.69, 9.17) is 5.26 Å². The van der Waals surface area contributed by atoms with Crippen molar-refractivity contribution in [2.24, 2.45) is 0 Å². The van der Waals surface area contributed by atoms with Gasteiger partial charge in [-0.05, 0) is 7.05 Å². The molecule has 0 saturated carbocycles. The fourth-order valence-corrected chi connectivity index (χ4v) is 1.73. The predicted octanol–water partition coefficient (Wildman–Crippen LogP) is -0.786. The number of nitriles is 1. The fourth-order valence-electron chi connectivity index (χ4n) is 1.73. The van der Waals surface area contributed by atoms with E-state index in [0.717, 1.165) is 0 Å². The predicted molar refractivity (Wildman–Crippen MR) is 42.9 cm³/mol. The largest absolute Gasteiger partial charge is 0.342 e. The van der Waals surface area contributed by atoms with Crippen LogP contribution in [0.3, 0.4) is 0 Å². The third-order valence-electron chi connectivity index (χ3n) is 2.41. The van der Waals surface area contributed by atoms with Gasteiger partial charge in [-0.25, -0.2) is 0 Å². The highest BCUT2D eigenvalue weighted by Gasteiger charge is 2.26. The first kappa shape index (κ1) is 8.51. The van der Waals surface area contributed by atoms with Crippen molar-refractivity contribution in [1.82, 2.24) is 5.32 Å². The zero-order valence-electron chi connectivity index (χ0n) is 7.01. The number of hydrogen-bond acceptors (Lipinski definition) is 2. The lowest BCUT2D eigenvalue weighted by Gasteiger charge is -2.16. The van der Waals surface area contributed by atoms with Crippen LogP contribution in [-0.2, 0) is 0 Å². The quantitative estimate of drug-likeness (QED) is 0.560. The van der Waals surface area contributed by atoms with Gasteiger partial charge in [0.25, 0.3) is 0 Å². The van der Waals surface area contributed by atoms with Gasteiger partial charge in [-0.15, -0.1) is 0 Å². The zero-order chi connectivity index (χ0) is 8.10. The van der Waals surface area contributed by atoms with Crippen LogP contribution in [0.25, 0.3) is 0 Å². The zero-order valence-corrected chi connectivity index (χ0v) is 7.01. The summed E-state index contributed by atoms with van der Waals surface area (Å²) in [6.45, 7) is 1.23. The Hall–Kier alpha value is -0.590. The van der Waals surface area contributed by atoms with Crippen molar-refractivity contribution >= 4 is 0 Å². The Kier molecular flexibility index (Phi) is 3.34. The molecule has 11 heavy (non-hydrogen) atoms. The van der Waals surface area contributed by atoms with Crippen molar-refractivity contribution in [2.45, 2.75) is 31.3 Å². The maximum atomic E-state index is 8.52. The molecule has 3 N–H and O–H groups in total. The SMILES string of the molecule is CNC(CC#N)C1CCC[NH2+]1. The lowest BCUT2D eigenvalue weighted by molar-refractivity contribution is -0.672. The monoisotopic (exact) mass is 154 g/mol. The van der Waals surface area contributed by atoms with Crippen LogP contribution in [0.4, 0.5) is 0 Å². The third kappa shape index (κ3) is 2.18. The summed E-state index contributed by atoms with van der Waals surface area (Å²) < 4.78 is 0. The van der Waals surface area contributed by atoms with Crippen LogP contribution < -0.4 is 10.6 Å². The minimum Gasteiger partial charge on any atom is -0.342 e. The first-order valence-corrected chi connectivity index (χ1v) is 4.26. The molecule has 0 amide bonds. The maximum Gasteiger partial charge on any atom is 0.103 e. The average molecular weight is 154 g/mol. The van der Waals surface area contributed by atoms with Crippen molar-refractivity contribution in [2.75, 3.05) is 13.6 Å². The smallest absolute Gasteiger partial charge is 0.103 e. The molecule has 3 nitrogen and oxygen atoms in total. The fraction of sp³-hybridized carbons (Fsp3) is 0.875. The first-order valence-electron chi connectivity index (χ1n) is 4.26. The second-order valence-electron chi connectivity index (χ2n) is 3.09. The summed E-state index contributed by atoms with van der Waals surface area (Å²) in [5.41, 5.74) is 0. The molecule has 0 aromatic heterocycles. The lowest BCUT2D eigenvalue weighted by atomic mass is 10.0. The number of hydrogen-bond donors (Lipinski definition) is 2. The van der Waals surface area contributed by atoms with Crippen molar-refractivity contribution < 1.29 is 5.32 Å². The molecule has 1 saturated heterocycles. The highest BCUT2D eigenvalue weighted by molar-refractivity contribution is 4.85. The molecule has 62 valence electrons. The Bertz CT molecular complexity index is 144.